The normalized spacial score (nSPS) is 12.4. The molecule has 3 aromatic carbocycles. The van der Waals surface area contributed by atoms with E-state index in [1.54, 1.807) is 6.07 Å². The van der Waals surface area contributed by atoms with Crippen LogP contribution in [0.4, 0.5) is 0 Å². The summed E-state index contributed by atoms with van der Waals surface area (Å²) >= 11 is 0. The minimum atomic E-state index is -0.110. The molecule has 0 saturated heterocycles. The molecule has 1 aliphatic rings. The molecule has 0 saturated carbocycles. The fourth-order valence-electron chi connectivity index (χ4n) is 4.07. The van der Waals surface area contributed by atoms with Crippen molar-refractivity contribution in [2.75, 3.05) is 0 Å². The van der Waals surface area contributed by atoms with Gasteiger partial charge in [0.25, 0.3) is 0 Å². The van der Waals surface area contributed by atoms with Gasteiger partial charge in [0.05, 0.1) is 22.6 Å². The van der Waals surface area contributed by atoms with E-state index < -0.39 is 0 Å². The summed E-state index contributed by atoms with van der Waals surface area (Å²) in [6, 6.07) is 26.8. The molecular formula is C26H17N3O2. The average molecular weight is 403 g/mol. The van der Waals surface area contributed by atoms with Crippen LogP contribution in [0.3, 0.4) is 0 Å². The maximum atomic E-state index is 13.6. The second kappa shape index (κ2) is 6.64. The molecule has 0 amide bonds. The number of para-hydroxylation sites is 3. The predicted molar refractivity (Wildman–Crippen MR) is 119 cm³/mol. The molecule has 0 N–H and O–H groups in total. The van der Waals surface area contributed by atoms with Crippen molar-refractivity contribution in [2.45, 2.75) is 6.92 Å². The summed E-state index contributed by atoms with van der Waals surface area (Å²) in [4.78, 5) is 18.6. The van der Waals surface area contributed by atoms with Gasteiger partial charge in [-0.2, -0.15) is 5.10 Å². The van der Waals surface area contributed by atoms with Gasteiger partial charge in [-0.3, -0.25) is 4.79 Å². The van der Waals surface area contributed by atoms with E-state index in [-0.39, 0.29) is 5.78 Å². The Labute approximate surface area is 178 Å². The van der Waals surface area contributed by atoms with E-state index >= 15 is 0 Å². The number of benzene rings is 3. The Morgan fingerprint density at radius 2 is 1.42 bits per heavy atom. The van der Waals surface area contributed by atoms with Gasteiger partial charge in [0, 0.05) is 16.5 Å². The van der Waals surface area contributed by atoms with Gasteiger partial charge < -0.3 is 4.74 Å². The molecule has 3 heterocycles. The lowest BCUT2D eigenvalue weighted by Crippen LogP contribution is -2.10. The van der Waals surface area contributed by atoms with Gasteiger partial charge in [0.1, 0.15) is 11.5 Å². The van der Waals surface area contributed by atoms with Crippen LogP contribution in [0.2, 0.25) is 0 Å². The van der Waals surface area contributed by atoms with E-state index in [9.17, 15) is 4.79 Å². The first-order valence-electron chi connectivity index (χ1n) is 10.1. The van der Waals surface area contributed by atoms with Gasteiger partial charge in [0.15, 0.2) is 11.4 Å². The number of pyridine rings is 1. The minimum absolute atomic E-state index is 0.110. The summed E-state index contributed by atoms with van der Waals surface area (Å²) in [5, 5.41) is 5.57. The Bertz CT molecular complexity index is 1490. The molecule has 0 radical (unpaired) electrons. The highest BCUT2D eigenvalue weighted by molar-refractivity contribution is 6.16. The van der Waals surface area contributed by atoms with Gasteiger partial charge in [-0.1, -0.05) is 42.5 Å². The van der Waals surface area contributed by atoms with Crippen molar-refractivity contribution in [3.8, 4) is 28.4 Å². The zero-order chi connectivity index (χ0) is 20.9. The van der Waals surface area contributed by atoms with Gasteiger partial charge >= 0.3 is 0 Å². The molecule has 5 nitrogen and oxygen atoms in total. The number of hydrogen-bond donors (Lipinski definition) is 0. The van der Waals surface area contributed by atoms with Crippen molar-refractivity contribution < 1.29 is 9.53 Å². The van der Waals surface area contributed by atoms with Crippen LogP contribution in [0, 0.1) is 6.92 Å². The van der Waals surface area contributed by atoms with Gasteiger partial charge in [-0.05, 0) is 49.4 Å². The van der Waals surface area contributed by atoms with Crippen LogP contribution < -0.4 is 4.74 Å². The lowest BCUT2D eigenvalue weighted by Gasteiger charge is -2.19. The first kappa shape index (κ1) is 17.6. The third-order valence-electron chi connectivity index (χ3n) is 5.58. The molecule has 0 fully saturated rings. The number of fused-ring (bicyclic) bond motifs is 5. The summed E-state index contributed by atoms with van der Waals surface area (Å²) in [5.74, 6) is 1.10. The largest absolute Gasteiger partial charge is 0.456 e. The molecular weight excluding hydrogens is 386 g/mol. The minimum Gasteiger partial charge on any atom is -0.456 e. The Kier molecular flexibility index (Phi) is 3.77. The smallest absolute Gasteiger partial charge is 0.198 e. The van der Waals surface area contributed by atoms with E-state index in [4.69, 9.17) is 14.8 Å². The van der Waals surface area contributed by atoms with Crippen LogP contribution in [0.25, 0.3) is 28.0 Å². The summed E-state index contributed by atoms with van der Waals surface area (Å²) < 4.78 is 7.98. The maximum Gasteiger partial charge on any atom is 0.198 e. The van der Waals surface area contributed by atoms with Crippen LogP contribution in [-0.2, 0) is 0 Å². The number of aryl methyl sites for hydroxylation is 1. The zero-order valence-electron chi connectivity index (χ0n) is 16.7. The Morgan fingerprint density at radius 1 is 0.774 bits per heavy atom. The molecule has 0 spiro atoms. The maximum absolute atomic E-state index is 13.6. The predicted octanol–water partition coefficient (Wildman–Crippen LogP) is 5.73. The van der Waals surface area contributed by atoms with Crippen LogP contribution in [0.15, 0.2) is 84.9 Å². The van der Waals surface area contributed by atoms with Crippen molar-refractivity contribution in [2.24, 2.45) is 0 Å². The first-order chi connectivity index (χ1) is 15.2. The number of ether oxygens (including phenoxy) is 1. The van der Waals surface area contributed by atoms with Crippen LogP contribution in [0.1, 0.15) is 21.6 Å². The van der Waals surface area contributed by atoms with Crippen LogP contribution >= 0.6 is 0 Å². The quantitative estimate of drug-likeness (QED) is 0.352. The third kappa shape index (κ3) is 2.67. The first-order valence-corrected chi connectivity index (χ1v) is 10.1. The molecule has 1 aliphatic heterocycles. The molecule has 31 heavy (non-hydrogen) atoms. The van der Waals surface area contributed by atoms with Crippen molar-refractivity contribution >= 4 is 16.8 Å². The third-order valence-corrected chi connectivity index (χ3v) is 5.58. The topological polar surface area (TPSA) is 57.0 Å². The number of carbonyl (C=O) groups excluding carboxylic acids is 1. The van der Waals surface area contributed by atoms with Crippen molar-refractivity contribution in [3.63, 3.8) is 0 Å². The molecule has 5 heteroatoms. The molecule has 2 aromatic heterocycles. The molecule has 6 rings (SSSR count). The Hall–Kier alpha value is -4.25. The lowest BCUT2D eigenvalue weighted by atomic mass is 9.95. The number of hydrogen-bond acceptors (Lipinski definition) is 4. The molecule has 0 atom stereocenters. The fourth-order valence-corrected chi connectivity index (χ4v) is 4.07. The molecule has 0 unspecified atom stereocenters. The summed E-state index contributed by atoms with van der Waals surface area (Å²) in [7, 11) is 0. The molecule has 0 aliphatic carbocycles. The lowest BCUT2D eigenvalue weighted by molar-refractivity contribution is 0.103. The average Bonchev–Trinajstić information content (AvgIpc) is 3.14. The highest BCUT2D eigenvalue weighted by Crippen LogP contribution is 2.40. The van der Waals surface area contributed by atoms with Crippen molar-refractivity contribution in [1.29, 1.82) is 0 Å². The summed E-state index contributed by atoms with van der Waals surface area (Å²) in [6.07, 6.45) is 0. The number of aromatic nitrogens is 3. The SMILES string of the molecule is Cc1nn(-c2ccccc2)c2nc3c(cc12)C(=O)c1ccccc1Oc1ccccc1-3. The summed E-state index contributed by atoms with van der Waals surface area (Å²) in [5.41, 5.74) is 4.89. The van der Waals surface area contributed by atoms with Gasteiger partial charge in [0.2, 0.25) is 0 Å². The van der Waals surface area contributed by atoms with Crippen molar-refractivity contribution in [3.05, 3.63) is 102 Å². The van der Waals surface area contributed by atoms with E-state index in [1.165, 1.54) is 0 Å². The fraction of sp³-hybridized carbons (Fsp3) is 0.0385. The molecule has 5 aromatic rings. The van der Waals surface area contributed by atoms with Crippen molar-refractivity contribution in [1.82, 2.24) is 14.8 Å². The number of carbonyl (C=O) groups is 1. The second-order valence-electron chi connectivity index (χ2n) is 7.51. The second-order valence-corrected chi connectivity index (χ2v) is 7.51. The standard InChI is InChI=1S/C26H17N3O2/c1-16-20-15-21-24(27-26(20)29(28-16)17-9-3-2-4-10-17)18-11-5-7-13-22(18)31-23-14-8-6-12-19(23)25(21)30/h2-15H,1H3. The molecule has 148 valence electrons. The van der Waals surface area contributed by atoms with E-state index in [0.717, 1.165) is 22.3 Å². The van der Waals surface area contributed by atoms with Crippen LogP contribution in [0.5, 0.6) is 11.5 Å². The highest BCUT2D eigenvalue weighted by Gasteiger charge is 2.27. The Morgan fingerprint density at radius 3 is 2.19 bits per heavy atom. The van der Waals surface area contributed by atoms with Crippen LogP contribution in [-0.4, -0.2) is 20.5 Å². The molecule has 0 bridgehead atoms. The number of ketones is 1. The number of rotatable bonds is 1. The monoisotopic (exact) mass is 403 g/mol. The number of nitrogens with zero attached hydrogens (tertiary/aromatic N) is 3. The summed E-state index contributed by atoms with van der Waals surface area (Å²) in [6.45, 7) is 1.94. The van der Waals surface area contributed by atoms with Gasteiger partial charge in [-0.15, -0.1) is 0 Å². The highest BCUT2D eigenvalue weighted by atomic mass is 16.5. The van der Waals surface area contributed by atoms with E-state index in [0.29, 0.717) is 34.0 Å². The zero-order valence-corrected chi connectivity index (χ0v) is 16.7. The van der Waals surface area contributed by atoms with E-state index in [2.05, 4.69) is 0 Å². The Balaban J connectivity index is 1.71. The van der Waals surface area contributed by atoms with E-state index in [1.807, 2.05) is 90.5 Å². The van der Waals surface area contributed by atoms with Gasteiger partial charge in [-0.25, -0.2) is 9.67 Å².